The van der Waals surface area contributed by atoms with Gasteiger partial charge in [0.2, 0.25) is 15.9 Å². The Bertz CT molecular complexity index is 941. The third-order valence-corrected chi connectivity index (χ3v) is 5.89. The van der Waals surface area contributed by atoms with Crippen LogP contribution in [-0.4, -0.2) is 26.6 Å². The fourth-order valence-corrected chi connectivity index (χ4v) is 4.77. The summed E-state index contributed by atoms with van der Waals surface area (Å²) < 4.78 is 26.2. The van der Waals surface area contributed by atoms with Gasteiger partial charge in [0.25, 0.3) is 0 Å². The normalized spacial score (nSPS) is 12.7. The van der Waals surface area contributed by atoms with Crippen molar-refractivity contribution in [3.63, 3.8) is 0 Å². The summed E-state index contributed by atoms with van der Waals surface area (Å²) in [4.78, 5) is 13.1. The number of anilines is 2. The monoisotopic (exact) mass is 442 g/mol. The Labute approximate surface area is 176 Å². The lowest BCUT2D eigenvalue weighted by Gasteiger charge is -2.30. The predicted octanol–water partition coefficient (Wildman–Crippen LogP) is 5.30. The van der Waals surface area contributed by atoms with E-state index in [4.69, 9.17) is 23.2 Å². The standard InChI is InChI=1S/C20H24Cl2N2O3S/c1-5-19(20(25)23-18-9-7-6-8-17(18)13(2)3)24(28(4,26)27)16-11-14(21)10-15(22)12-16/h6-13,19H,5H2,1-4H3,(H,23,25)/t19-/m0/s1. The zero-order valence-electron chi connectivity index (χ0n) is 16.2. The average Bonchev–Trinajstić information content (AvgIpc) is 2.57. The summed E-state index contributed by atoms with van der Waals surface area (Å²) in [7, 11) is -3.77. The second-order valence-electron chi connectivity index (χ2n) is 6.84. The van der Waals surface area contributed by atoms with Gasteiger partial charge in [-0.15, -0.1) is 0 Å². The molecule has 2 aromatic carbocycles. The molecule has 0 aromatic heterocycles. The van der Waals surface area contributed by atoms with Gasteiger partial charge in [-0.1, -0.05) is 62.2 Å². The minimum atomic E-state index is -3.77. The van der Waals surface area contributed by atoms with Gasteiger partial charge in [-0.2, -0.15) is 0 Å². The van der Waals surface area contributed by atoms with Gasteiger partial charge in [-0.05, 0) is 42.2 Å². The number of nitrogens with zero attached hydrogens (tertiary/aromatic N) is 1. The number of sulfonamides is 1. The summed E-state index contributed by atoms with van der Waals surface area (Å²) in [5.74, 6) is -0.216. The Morgan fingerprint density at radius 3 is 2.18 bits per heavy atom. The predicted molar refractivity (Wildman–Crippen MR) is 117 cm³/mol. The second-order valence-corrected chi connectivity index (χ2v) is 9.57. The smallest absolute Gasteiger partial charge is 0.248 e. The molecule has 28 heavy (non-hydrogen) atoms. The molecule has 0 saturated heterocycles. The number of benzene rings is 2. The lowest BCUT2D eigenvalue weighted by Crippen LogP contribution is -2.47. The molecule has 5 nitrogen and oxygen atoms in total. The first-order valence-corrected chi connectivity index (χ1v) is 11.5. The van der Waals surface area contributed by atoms with Crippen LogP contribution in [0.1, 0.15) is 38.7 Å². The van der Waals surface area contributed by atoms with Crippen LogP contribution in [0.3, 0.4) is 0 Å². The number of hydrogen-bond acceptors (Lipinski definition) is 3. The number of amides is 1. The zero-order valence-corrected chi connectivity index (χ0v) is 18.6. The summed E-state index contributed by atoms with van der Waals surface area (Å²) in [6.45, 7) is 5.81. The molecule has 0 bridgehead atoms. The topological polar surface area (TPSA) is 66.5 Å². The van der Waals surface area contributed by atoms with E-state index in [-0.39, 0.29) is 28.1 Å². The quantitative estimate of drug-likeness (QED) is 0.632. The van der Waals surface area contributed by atoms with E-state index in [0.717, 1.165) is 16.1 Å². The molecule has 0 aliphatic rings. The maximum Gasteiger partial charge on any atom is 0.248 e. The molecule has 0 unspecified atom stereocenters. The number of hydrogen-bond donors (Lipinski definition) is 1. The van der Waals surface area contributed by atoms with Crippen molar-refractivity contribution in [2.45, 2.75) is 39.2 Å². The summed E-state index contributed by atoms with van der Waals surface area (Å²) in [5.41, 5.74) is 1.89. The highest BCUT2D eigenvalue weighted by atomic mass is 35.5. The largest absolute Gasteiger partial charge is 0.324 e. The molecule has 0 radical (unpaired) electrons. The van der Waals surface area contributed by atoms with Crippen molar-refractivity contribution in [2.75, 3.05) is 15.9 Å². The molecule has 0 heterocycles. The van der Waals surface area contributed by atoms with Crippen LogP contribution in [0, 0.1) is 0 Å². The van der Waals surface area contributed by atoms with Gasteiger partial charge >= 0.3 is 0 Å². The highest BCUT2D eigenvalue weighted by Gasteiger charge is 2.32. The van der Waals surface area contributed by atoms with E-state index in [1.165, 1.54) is 18.2 Å². The molecule has 8 heteroatoms. The van der Waals surface area contributed by atoms with Gasteiger partial charge in [-0.25, -0.2) is 8.42 Å². The van der Waals surface area contributed by atoms with E-state index in [1.54, 1.807) is 13.0 Å². The van der Waals surface area contributed by atoms with Gasteiger partial charge in [0.1, 0.15) is 6.04 Å². The first-order chi connectivity index (χ1) is 13.0. The van der Waals surface area contributed by atoms with Crippen molar-refractivity contribution in [1.82, 2.24) is 0 Å². The molecule has 152 valence electrons. The van der Waals surface area contributed by atoms with E-state index < -0.39 is 22.0 Å². The third-order valence-electron chi connectivity index (χ3n) is 4.27. The summed E-state index contributed by atoms with van der Waals surface area (Å²) >= 11 is 12.1. The van der Waals surface area contributed by atoms with Crippen LogP contribution in [0.4, 0.5) is 11.4 Å². The molecular formula is C20H24Cl2N2O3S. The van der Waals surface area contributed by atoms with Crippen LogP contribution in [0.2, 0.25) is 10.0 Å². The summed E-state index contributed by atoms with van der Waals surface area (Å²) in [5, 5.41) is 3.46. The van der Waals surface area contributed by atoms with Gasteiger partial charge in [0.05, 0.1) is 11.9 Å². The van der Waals surface area contributed by atoms with Crippen LogP contribution < -0.4 is 9.62 Å². The molecule has 1 atom stereocenters. The maximum atomic E-state index is 13.1. The summed E-state index contributed by atoms with van der Waals surface area (Å²) in [6.07, 6.45) is 1.33. The van der Waals surface area contributed by atoms with Crippen molar-refractivity contribution in [1.29, 1.82) is 0 Å². The van der Waals surface area contributed by atoms with E-state index in [2.05, 4.69) is 5.32 Å². The SMILES string of the molecule is CC[C@@H](C(=O)Nc1ccccc1C(C)C)N(c1cc(Cl)cc(Cl)c1)S(C)(=O)=O. The molecule has 0 fully saturated rings. The Hall–Kier alpha value is -1.76. The molecule has 0 aliphatic heterocycles. The van der Waals surface area contributed by atoms with Crippen molar-refractivity contribution in [3.8, 4) is 0 Å². The lowest BCUT2D eigenvalue weighted by molar-refractivity contribution is -0.117. The average molecular weight is 443 g/mol. The molecule has 0 spiro atoms. The third kappa shape index (κ3) is 5.40. The molecule has 0 saturated carbocycles. The molecular weight excluding hydrogens is 419 g/mol. The number of rotatable bonds is 7. The zero-order chi connectivity index (χ0) is 21.1. The van der Waals surface area contributed by atoms with Gasteiger partial charge in [0, 0.05) is 15.7 Å². The Morgan fingerprint density at radius 2 is 1.68 bits per heavy atom. The fraction of sp³-hybridized carbons (Fsp3) is 0.350. The van der Waals surface area contributed by atoms with Gasteiger partial charge < -0.3 is 5.32 Å². The fourth-order valence-electron chi connectivity index (χ4n) is 3.06. The highest BCUT2D eigenvalue weighted by Crippen LogP contribution is 2.30. The van der Waals surface area contributed by atoms with Crippen LogP contribution in [0.5, 0.6) is 0 Å². The molecule has 1 amide bonds. The first-order valence-electron chi connectivity index (χ1n) is 8.89. The molecule has 2 rings (SSSR count). The van der Waals surface area contributed by atoms with Crippen LogP contribution in [-0.2, 0) is 14.8 Å². The number of halogens is 2. The number of nitrogens with one attached hydrogen (secondary N) is 1. The Balaban J connectivity index is 2.46. The minimum Gasteiger partial charge on any atom is -0.324 e. The van der Waals surface area contributed by atoms with E-state index in [1.807, 2.05) is 32.0 Å². The van der Waals surface area contributed by atoms with Crippen molar-refractivity contribution >= 4 is 50.5 Å². The molecule has 2 aromatic rings. The van der Waals surface area contributed by atoms with E-state index in [9.17, 15) is 13.2 Å². The van der Waals surface area contributed by atoms with Gasteiger partial charge in [-0.3, -0.25) is 9.10 Å². The van der Waals surface area contributed by atoms with Crippen LogP contribution in [0.25, 0.3) is 0 Å². The van der Waals surface area contributed by atoms with Crippen molar-refractivity contribution in [2.24, 2.45) is 0 Å². The van der Waals surface area contributed by atoms with E-state index in [0.29, 0.717) is 5.69 Å². The van der Waals surface area contributed by atoms with Crippen LogP contribution in [0.15, 0.2) is 42.5 Å². The van der Waals surface area contributed by atoms with Crippen molar-refractivity contribution < 1.29 is 13.2 Å². The number of carbonyl (C=O) groups excluding carboxylic acids is 1. The van der Waals surface area contributed by atoms with E-state index >= 15 is 0 Å². The first kappa shape index (κ1) is 22.5. The molecule has 1 N–H and O–H groups in total. The summed E-state index contributed by atoms with van der Waals surface area (Å²) in [6, 6.07) is 11.0. The highest BCUT2D eigenvalue weighted by molar-refractivity contribution is 7.92. The van der Waals surface area contributed by atoms with Gasteiger partial charge in [0.15, 0.2) is 0 Å². The maximum absolute atomic E-state index is 13.1. The molecule has 0 aliphatic carbocycles. The number of para-hydroxylation sites is 1. The second kappa shape index (κ2) is 9.16. The lowest BCUT2D eigenvalue weighted by atomic mass is 10.0. The Morgan fingerprint density at radius 1 is 1.11 bits per heavy atom. The van der Waals surface area contributed by atoms with Crippen LogP contribution >= 0.6 is 23.2 Å². The van der Waals surface area contributed by atoms with Crippen molar-refractivity contribution in [3.05, 3.63) is 58.1 Å². The minimum absolute atomic E-state index is 0.203. The number of carbonyl (C=O) groups is 1. The Kier molecular flexibility index (Phi) is 7.37.